The Hall–Kier alpha value is -1.89. The monoisotopic (exact) mass is 268 g/mol. The Morgan fingerprint density at radius 1 is 1.58 bits per heavy atom. The molecule has 0 aliphatic carbocycles. The fraction of sp³-hybridized carbons (Fsp3) is 0.583. The second-order valence-electron chi connectivity index (χ2n) is 4.44. The zero-order valence-electron chi connectivity index (χ0n) is 11.3. The van der Waals surface area contributed by atoms with E-state index in [0.717, 1.165) is 19.3 Å². The van der Waals surface area contributed by atoms with E-state index in [9.17, 15) is 14.9 Å². The average molecular weight is 268 g/mol. The molecule has 0 aromatic carbocycles. The number of carbonyl (C=O) groups is 1. The molecule has 0 aliphatic rings. The smallest absolute Gasteiger partial charge is 0.323 e. The lowest BCUT2D eigenvalue weighted by Crippen LogP contribution is -2.40. The van der Waals surface area contributed by atoms with E-state index in [1.807, 2.05) is 0 Å². The first kappa shape index (κ1) is 15.2. The maximum atomic E-state index is 12.0. The van der Waals surface area contributed by atoms with Crippen LogP contribution in [0, 0.1) is 10.1 Å². The molecule has 3 N–H and O–H groups in total. The van der Waals surface area contributed by atoms with Crippen LogP contribution in [0.4, 0.5) is 5.82 Å². The van der Waals surface area contributed by atoms with Crippen LogP contribution in [0.3, 0.4) is 0 Å². The lowest BCUT2D eigenvalue weighted by atomic mass is 10.1. The molecule has 7 nitrogen and oxygen atoms in total. The Morgan fingerprint density at radius 3 is 2.74 bits per heavy atom. The number of nitrogens with one attached hydrogen (secondary N) is 1. The standard InChI is InChI=1S/C12H20N4O3/c1-3-4-5-9(8-13)14-12(17)10-6-7-11(15(10)2)16(18)19/h6-7,9H,3-5,8,13H2,1-2H3,(H,14,17). The molecule has 7 heteroatoms. The van der Waals surface area contributed by atoms with E-state index < -0.39 is 4.92 Å². The molecule has 0 saturated carbocycles. The van der Waals surface area contributed by atoms with Gasteiger partial charge in [0.25, 0.3) is 5.91 Å². The van der Waals surface area contributed by atoms with Gasteiger partial charge < -0.3 is 21.2 Å². The van der Waals surface area contributed by atoms with E-state index in [-0.39, 0.29) is 23.5 Å². The predicted molar refractivity (Wildman–Crippen MR) is 71.9 cm³/mol. The van der Waals surface area contributed by atoms with Crippen molar-refractivity contribution in [2.45, 2.75) is 32.2 Å². The second-order valence-corrected chi connectivity index (χ2v) is 4.44. The number of hydrogen-bond donors (Lipinski definition) is 2. The van der Waals surface area contributed by atoms with Gasteiger partial charge in [0.1, 0.15) is 0 Å². The van der Waals surface area contributed by atoms with Gasteiger partial charge in [-0.1, -0.05) is 19.8 Å². The number of unbranched alkanes of at least 4 members (excludes halogenated alkanes) is 1. The molecule has 1 rings (SSSR count). The first-order valence-corrected chi connectivity index (χ1v) is 6.32. The van der Waals surface area contributed by atoms with Crippen molar-refractivity contribution in [1.82, 2.24) is 9.88 Å². The zero-order valence-corrected chi connectivity index (χ0v) is 11.3. The van der Waals surface area contributed by atoms with Gasteiger partial charge in [0.2, 0.25) is 0 Å². The second kappa shape index (κ2) is 6.89. The first-order valence-electron chi connectivity index (χ1n) is 6.32. The molecule has 0 bridgehead atoms. The van der Waals surface area contributed by atoms with Gasteiger partial charge in [0, 0.05) is 18.7 Å². The molecule has 0 radical (unpaired) electrons. The molecule has 0 spiro atoms. The molecular weight excluding hydrogens is 248 g/mol. The summed E-state index contributed by atoms with van der Waals surface area (Å²) in [7, 11) is 1.50. The van der Waals surface area contributed by atoms with Gasteiger partial charge in [-0.05, 0) is 17.4 Å². The Labute approximate surface area is 111 Å². The maximum Gasteiger partial charge on any atom is 0.323 e. The number of nitrogens with zero attached hydrogens (tertiary/aromatic N) is 2. The van der Waals surface area contributed by atoms with E-state index in [0.29, 0.717) is 6.54 Å². The lowest BCUT2D eigenvalue weighted by Gasteiger charge is -2.15. The summed E-state index contributed by atoms with van der Waals surface area (Å²) in [6, 6.07) is 2.67. The summed E-state index contributed by atoms with van der Waals surface area (Å²) in [5.74, 6) is -0.440. The van der Waals surface area contributed by atoms with Crippen molar-refractivity contribution in [3.8, 4) is 0 Å². The minimum atomic E-state index is -0.520. The highest BCUT2D eigenvalue weighted by Crippen LogP contribution is 2.15. The van der Waals surface area contributed by atoms with Crippen LogP contribution in [-0.2, 0) is 7.05 Å². The van der Waals surface area contributed by atoms with Gasteiger partial charge in [-0.3, -0.25) is 4.79 Å². The molecule has 1 aromatic rings. The van der Waals surface area contributed by atoms with Crippen LogP contribution < -0.4 is 11.1 Å². The van der Waals surface area contributed by atoms with Gasteiger partial charge in [0.05, 0.1) is 7.05 Å². The number of amides is 1. The maximum absolute atomic E-state index is 12.0. The van der Waals surface area contributed by atoms with Gasteiger partial charge in [-0.15, -0.1) is 0 Å². The van der Waals surface area contributed by atoms with Gasteiger partial charge in [-0.25, -0.2) is 4.57 Å². The molecule has 1 amide bonds. The van der Waals surface area contributed by atoms with Crippen molar-refractivity contribution >= 4 is 11.7 Å². The van der Waals surface area contributed by atoms with Crippen molar-refractivity contribution < 1.29 is 9.72 Å². The third kappa shape index (κ3) is 3.78. The van der Waals surface area contributed by atoms with Crippen LogP contribution in [-0.4, -0.2) is 28.0 Å². The van der Waals surface area contributed by atoms with Gasteiger partial charge in [-0.2, -0.15) is 0 Å². The molecule has 0 saturated heterocycles. The van der Waals surface area contributed by atoms with Crippen molar-refractivity contribution in [2.24, 2.45) is 12.8 Å². The molecule has 0 aliphatic heterocycles. The molecule has 1 aromatic heterocycles. The largest absolute Gasteiger partial charge is 0.358 e. The quantitative estimate of drug-likeness (QED) is 0.572. The average Bonchev–Trinajstić information content (AvgIpc) is 2.76. The number of rotatable bonds is 7. The highest BCUT2D eigenvalue weighted by Gasteiger charge is 2.22. The Bertz CT molecular complexity index is 456. The molecular formula is C12H20N4O3. The summed E-state index contributed by atoms with van der Waals surface area (Å²) in [4.78, 5) is 22.2. The van der Waals surface area contributed by atoms with Crippen LogP contribution in [0.5, 0.6) is 0 Å². The van der Waals surface area contributed by atoms with Crippen molar-refractivity contribution in [1.29, 1.82) is 0 Å². The minimum absolute atomic E-state index is 0.0959. The Morgan fingerprint density at radius 2 is 2.26 bits per heavy atom. The summed E-state index contributed by atoms with van der Waals surface area (Å²) in [6.07, 6.45) is 2.82. The SMILES string of the molecule is CCCCC(CN)NC(=O)c1ccc([N+](=O)[O-])n1C. The van der Waals surface area contributed by atoms with Crippen molar-refractivity contribution in [3.05, 3.63) is 27.9 Å². The number of hydrogen-bond acceptors (Lipinski definition) is 4. The van der Waals surface area contributed by atoms with E-state index >= 15 is 0 Å². The van der Waals surface area contributed by atoms with Crippen LogP contribution >= 0.6 is 0 Å². The fourth-order valence-corrected chi connectivity index (χ4v) is 1.87. The summed E-state index contributed by atoms with van der Waals surface area (Å²) >= 11 is 0. The van der Waals surface area contributed by atoms with Gasteiger partial charge >= 0.3 is 5.82 Å². The van der Waals surface area contributed by atoms with Crippen LogP contribution in [0.2, 0.25) is 0 Å². The number of carbonyl (C=O) groups excluding carboxylic acids is 1. The van der Waals surface area contributed by atoms with E-state index in [4.69, 9.17) is 5.73 Å². The van der Waals surface area contributed by atoms with Crippen molar-refractivity contribution in [3.63, 3.8) is 0 Å². The fourth-order valence-electron chi connectivity index (χ4n) is 1.87. The highest BCUT2D eigenvalue weighted by molar-refractivity contribution is 5.93. The van der Waals surface area contributed by atoms with Crippen LogP contribution in [0.25, 0.3) is 0 Å². The Balaban J connectivity index is 2.74. The summed E-state index contributed by atoms with van der Waals surface area (Å²) in [6.45, 7) is 2.42. The number of nitrogens with two attached hydrogens (primary N) is 1. The molecule has 0 fully saturated rings. The first-order chi connectivity index (χ1) is 9.01. The minimum Gasteiger partial charge on any atom is -0.358 e. The third-order valence-corrected chi connectivity index (χ3v) is 3.04. The van der Waals surface area contributed by atoms with E-state index in [1.165, 1.54) is 23.7 Å². The summed E-state index contributed by atoms with van der Waals surface area (Å²) in [5, 5.41) is 13.5. The van der Waals surface area contributed by atoms with Crippen LogP contribution in [0.1, 0.15) is 36.7 Å². The lowest BCUT2D eigenvalue weighted by molar-refractivity contribution is -0.391. The van der Waals surface area contributed by atoms with Crippen molar-refractivity contribution in [2.75, 3.05) is 6.54 Å². The predicted octanol–water partition coefficient (Wildman–Crippen LogP) is 1.18. The molecule has 1 atom stereocenters. The van der Waals surface area contributed by atoms with Gasteiger partial charge in [0.15, 0.2) is 5.69 Å². The van der Waals surface area contributed by atoms with Crippen LogP contribution in [0.15, 0.2) is 12.1 Å². The molecule has 106 valence electrons. The molecule has 1 unspecified atom stereocenters. The topological polar surface area (TPSA) is 103 Å². The summed E-state index contributed by atoms with van der Waals surface area (Å²) < 4.78 is 1.27. The van der Waals surface area contributed by atoms with E-state index in [2.05, 4.69) is 12.2 Å². The molecule has 19 heavy (non-hydrogen) atoms. The van der Waals surface area contributed by atoms with E-state index in [1.54, 1.807) is 0 Å². The number of nitro groups is 1. The Kier molecular flexibility index (Phi) is 5.50. The highest BCUT2D eigenvalue weighted by atomic mass is 16.6. The molecule has 1 heterocycles. The summed E-state index contributed by atoms with van der Waals surface area (Å²) in [5.41, 5.74) is 5.87. The third-order valence-electron chi connectivity index (χ3n) is 3.04. The normalized spacial score (nSPS) is 12.2. The number of aromatic nitrogens is 1. The zero-order chi connectivity index (χ0) is 14.4.